The average molecular weight is 280 g/mol. The molecule has 0 spiro atoms. The van der Waals surface area contributed by atoms with E-state index < -0.39 is 24.4 Å². The summed E-state index contributed by atoms with van der Waals surface area (Å²) in [6, 6.07) is 0. The molecule has 2 unspecified atom stereocenters. The molecule has 1 aromatic heterocycles. The van der Waals surface area contributed by atoms with Gasteiger partial charge in [-0.25, -0.2) is 4.98 Å². The fourth-order valence-corrected chi connectivity index (χ4v) is 2.24. The fourth-order valence-electron chi connectivity index (χ4n) is 2.24. The Bertz CT molecular complexity index is 591. The molecule has 0 aliphatic carbocycles. The first-order chi connectivity index (χ1) is 9.53. The minimum atomic E-state index is -1.00. The lowest BCUT2D eigenvalue weighted by Gasteiger charge is -2.19. The highest BCUT2D eigenvalue weighted by Crippen LogP contribution is 2.35. The average Bonchev–Trinajstić information content (AvgIpc) is 2.77. The molecule has 0 saturated carbocycles. The number of terminal acetylenes is 1. The van der Waals surface area contributed by atoms with Crippen molar-refractivity contribution in [3.63, 3.8) is 0 Å². The Hall–Kier alpha value is -1.72. The number of methoxy groups -OCH3 is 1. The molecule has 7 nitrogen and oxygen atoms in total. The van der Waals surface area contributed by atoms with E-state index in [4.69, 9.17) is 15.9 Å². The number of aromatic amines is 1. The smallest absolute Gasteiger partial charge is 0.270 e. The Morgan fingerprint density at radius 2 is 2.30 bits per heavy atom. The lowest BCUT2D eigenvalue weighted by molar-refractivity contribution is -0.0252. The molecule has 1 aliphatic heterocycles. The Labute approximate surface area is 115 Å². The van der Waals surface area contributed by atoms with Gasteiger partial charge in [0, 0.05) is 7.11 Å². The van der Waals surface area contributed by atoms with Crippen LogP contribution < -0.4 is 5.56 Å². The fraction of sp³-hybridized carbons (Fsp3) is 0.538. The van der Waals surface area contributed by atoms with E-state index in [1.54, 1.807) is 6.92 Å². The van der Waals surface area contributed by atoms with Gasteiger partial charge >= 0.3 is 0 Å². The minimum absolute atomic E-state index is 0.179. The molecule has 0 amide bonds. The van der Waals surface area contributed by atoms with Crippen molar-refractivity contribution >= 4 is 0 Å². The monoisotopic (exact) mass is 280 g/mol. The summed E-state index contributed by atoms with van der Waals surface area (Å²) >= 11 is 0. The van der Waals surface area contributed by atoms with Crippen LogP contribution in [-0.2, 0) is 9.47 Å². The summed E-state index contributed by atoms with van der Waals surface area (Å²) < 4.78 is 10.8. The predicted molar refractivity (Wildman–Crippen MR) is 69.0 cm³/mol. The molecule has 1 saturated heterocycles. The number of nitrogens with one attached hydrogen (secondary N) is 1. The molecule has 1 aliphatic rings. The third-order valence-corrected chi connectivity index (χ3v) is 3.31. The summed E-state index contributed by atoms with van der Waals surface area (Å²) in [4.78, 5) is 18.2. The zero-order valence-corrected chi connectivity index (χ0v) is 11.2. The van der Waals surface area contributed by atoms with Gasteiger partial charge in [0.15, 0.2) is 0 Å². The molecule has 2 rings (SSSR count). The second kappa shape index (κ2) is 5.73. The van der Waals surface area contributed by atoms with Gasteiger partial charge in [-0.2, -0.15) is 0 Å². The van der Waals surface area contributed by atoms with Gasteiger partial charge in [-0.15, -0.1) is 6.42 Å². The number of aryl methyl sites for hydroxylation is 1. The zero-order valence-electron chi connectivity index (χ0n) is 11.2. The van der Waals surface area contributed by atoms with Crippen LogP contribution in [0.5, 0.6) is 0 Å². The van der Waals surface area contributed by atoms with Gasteiger partial charge < -0.3 is 24.7 Å². The first-order valence-corrected chi connectivity index (χ1v) is 6.08. The van der Waals surface area contributed by atoms with E-state index in [-0.39, 0.29) is 23.6 Å². The van der Waals surface area contributed by atoms with E-state index in [1.165, 1.54) is 7.11 Å². The normalized spacial score (nSPS) is 29.4. The van der Waals surface area contributed by atoms with Gasteiger partial charge in [0.05, 0.1) is 6.61 Å². The van der Waals surface area contributed by atoms with Crippen molar-refractivity contribution in [2.24, 2.45) is 0 Å². The van der Waals surface area contributed by atoms with Gasteiger partial charge in [0.25, 0.3) is 5.56 Å². The van der Waals surface area contributed by atoms with Gasteiger partial charge in [0.2, 0.25) is 0 Å². The first kappa shape index (κ1) is 14.7. The molecule has 20 heavy (non-hydrogen) atoms. The van der Waals surface area contributed by atoms with Crippen molar-refractivity contribution in [3.05, 3.63) is 27.4 Å². The lowest BCUT2D eigenvalue weighted by Crippen LogP contribution is -2.34. The Morgan fingerprint density at radius 1 is 1.60 bits per heavy atom. The number of ether oxygens (including phenoxy) is 2. The molecular weight excluding hydrogens is 264 g/mol. The third kappa shape index (κ3) is 2.34. The van der Waals surface area contributed by atoms with Crippen LogP contribution in [0.25, 0.3) is 0 Å². The van der Waals surface area contributed by atoms with Gasteiger partial charge in [-0.3, -0.25) is 4.79 Å². The van der Waals surface area contributed by atoms with Crippen LogP contribution in [0.3, 0.4) is 0 Å². The highest BCUT2D eigenvalue weighted by Gasteiger charge is 2.46. The van der Waals surface area contributed by atoms with Crippen molar-refractivity contribution in [2.75, 3.05) is 13.7 Å². The van der Waals surface area contributed by atoms with Crippen LogP contribution in [-0.4, -0.2) is 52.2 Å². The van der Waals surface area contributed by atoms with Gasteiger partial charge in [-0.05, 0) is 6.92 Å². The van der Waals surface area contributed by atoms with Crippen molar-refractivity contribution in [2.45, 2.75) is 31.3 Å². The third-order valence-electron chi connectivity index (χ3n) is 3.31. The van der Waals surface area contributed by atoms with Crippen molar-refractivity contribution < 1.29 is 19.7 Å². The number of rotatable bonds is 3. The second-order valence-electron chi connectivity index (χ2n) is 4.52. The van der Waals surface area contributed by atoms with Crippen LogP contribution in [0, 0.1) is 19.3 Å². The van der Waals surface area contributed by atoms with E-state index in [9.17, 15) is 15.0 Å². The molecule has 108 valence electrons. The molecule has 0 radical (unpaired) electrons. The lowest BCUT2D eigenvalue weighted by atomic mass is 10.0. The molecular formula is C13H16N2O5. The standard InChI is InChI=1S/C13H16N2O5/c1-4-7-9(14-6(2)13(18)15-7)11-12(19-3)10(17)8(5-16)20-11/h1,8,10-12,16-17H,5H2,2-3H3,(H,15,18)/t8-,10?,11+,12?/m1/s1. The number of H-pyrrole nitrogens is 1. The Morgan fingerprint density at radius 3 is 2.85 bits per heavy atom. The first-order valence-electron chi connectivity index (χ1n) is 6.08. The molecule has 0 aromatic carbocycles. The largest absolute Gasteiger partial charge is 0.394 e. The van der Waals surface area contributed by atoms with E-state index >= 15 is 0 Å². The molecule has 1 aromatic rings. The van der Waals surface area contributed by atoms with E-state index in [1.807, 2.05) is 0 Å². The number of aromatic nitrogens is 2. The highest BCUT2D eigenvalue weighted by atomic mass is 16.6. The number of aliphatic hydroxyl groups excluding tert-OH is 2. The summed E-state index contributed by atoms with van der Waals surface area (Å²) in [5.74, 6) is 2.34. The van der Waals surface area contributed by atoms with Crippen LogP contribution in [0.4, 0.5) is 0 Å². The molecule has 1 fully saturated rings. The Kier molecular flexibility index (Phi) is 4.20. The van der Waals surface area contributed by atoms with Crippen LogP contribution in [0.1, 0.15) is 23.2 Å². The number of hydrogen-bond donors (Lipinski definition) is 3. The minimum Gasteiger partial charge on any atom is -0.394 e. The molecule has 7 heteroatoms. The van der Waals surface area contributed by atoms with Gasteiger partial charge in [0.1, 0.15) is 41.5 Å². The zero-order chi connectivity index (χ0) is 14.9. The highest BCUT2D eigenvalue weighted by molar-refractivity contribution is 5.32. The summed E-state index contributed by atoms with van der Waals surface area (Å²) in [5, 5.41) is 19.2. The molecule has 4 atom stereocenters. The maximum Gasteiger partial charge on any atom is 0.270 e. The summed E-state index contributed by atoms with van der Waals surface area (Å²) in [6.07, 6.45) is 2.08. The SMILES string of the molecule is C#Cc1[nH]c(=O)c(C)nc1[C@@H]1O[C@H](CO)C(O)C1OC. The van der Waals surface area contributed by atoms with Gasteiger partial charge in [-0.1, -0.05) is 5.92 Å². The quantitative estimate of drug-likeness (QED) is 0.605. The molecule has 2 heterocycles. The van der Waals surface area contributed by atoms with Crippen LogP contribution >= 0.6 is 0 Å². The van der Waals surface area contributed by atoms with Crippen LogP contribution in [0.15, 0.2) is 4.79 Å². The summed E-state index contributed by atoms with van der Waals surface area (Å²) in [6.45, 7) is 1.19. The number of nitrogens with zero attached hydrogens (tertiary/aromatic N) is 1. The number of hydrogen-bond acceptors (Lipinski definition) is 6. The molecule has 3 N–H and O–H groups in total. The van der Waals surface area contributed by atoms with Crippen molar-refractivity contribution in [1.82, 2.24) is 9.97 Å². The van der Waals surface area contributed by atoms with E-state index in [0.717, 1.165) is 0 Å². The second-order valence-corrected chi connectivity index (χ2v) is 4.52. The molecule has 0 bridgehead atoms. The topological polar surface area (TPSA) is 105 Å². The van der Waals surface area contributed by atoms with Crippen molar-refractivity contribution in [3.8, 4) is 12.3 Å². The maximum absolute atomic E-state index is 11.5. The summed E-state index contributed by atoms with van der Waals surface area (Å²) in [7, 11) is 1.41. The van der Waals surface area contributed by atoms with E-state index in [2.05, 4.69) is 15.9 Å². The maximum atomic E-state index is 11.5. The Balaban J connectivity index is 2.48. The number of aliphatic hydroxyl groups is 2. The van der Waals surface area contributed by atoms with Crippen LogP contribution in [0.2, 0.25) is 0 Å². The van der Waals surface area contributed by atoms with Crippen molar-refractivity contribution in [1.29, 1.82) is 0 Å². The summed E-state index contributed by atoms with van der Waals surface area (Å²) in [5.41, 5.74) is 0.345. The predicted octanol–water partition coefficient (Wildman–Crippen LogP) is -1.13. The van der Waals surface area contributed by atoms with E-state index in [0.29, 0.717) is 5.69 Å².